The summed E-state index contributed by atoms with van der Waals surface area (Å²) in [6.07, 6.45) is 6.60. The average molecular weight is 413 g/mol. The summed E-state index contributed by atoms with van der Waals surface area (Å²) in [6, 6.07) is 3.90. The van der Waals surface area contributed by atoms with Crippen molar-refractivity contribution in [1.29, 1.82) is 0 Å². The molecule has 3 heterocycles. The lowest BCUT2D eigenvalue weighted by Crippen LogP contribution is -2.21. The van der Waals surface area contributed by atoms with Crippen molar-refractivity contribution in [2.45, 2.75) is 32.6 Å². The lowest BCUT2D eigenvalue weighted by Gasteiger charge is -2.06. The minimum Gasteiger partial charge on any atom is -0.370 e. The van der Waals surface area contributed by atoms with Gasteiger partial charge in [0.05, 0.1) is 5.69 Å². The molecule has 0 saturated carbocycles. The van der Waals surface area contributed by atoms with Gasteiger partial charge < -0.3 is 16.8 Å². The van der Waals surface area contributed by atoms with Crippen molar-refractivity contribution < 1.29 is 0 Å². The molecule has 0 spiro atoms. The number of guanidine groups is 1. The third kappa shape index (κ3) is 6.39. The SMILES string of the molecule is Cc1ccc(Cc2cnc(NCCCCc3csc(N=C(N)N)n3)[nH]c2=O)cn1. The monoisotopic (exact) mass is 412 g/mol. The third-order valence-electron chi connectivity index (χ3n) is 4.16. The van der Waals surface area contributed by atoms with Crippen LogP contribution in [0.25, 0.3) is 0 Å². The number of nitrogens with one attached hydrogen (secondary N) is 2. The number of aliphatic imine (C=N–C) groups is 1. The van der Waals surface area contributed by atoms with Gasteiger partial charge in [0.15, 0.2) is 5.96 Å². The largest absolute Gasteiger partial charge is 0.370 e. The molecular weight excluding hydrogens is 388 g/mol. The standard InChI is InChI=1S/C19H24N8OS/c1-12-5-6-13(9-23-12)8-14-10-24-18(26-16(14)28)22-7-3-2-4-15-11-29-19(25-15)27-17(20)21/h5-6,9-11H,2-4,7-8H2,1H3,(H4,20,21,25,27)(H2,22,24,26,28). The van der Waals surface area contributed by atoms with Crippen LogP contribution < -0.4 is 22.3 Å². The number of H-pyrrole nitrogens is 1. The van der Waals surface area contributed by atoms with Crippen LogP contribution in [0.5, 0.6) is 0 Å². The Bertz CT molecular complexity index is 1020. The number of anilines is 1. The molecule has 6 N–H and O–H groups in total. The quantitative estimate of drug-likeness (QED) is 0.238. The van der Waals surface area contributed by atoms with E-state index in [9.17, 15) is 4.79 Å². The lowest BCUT2D eigenvalue weighted by molar-refractivity contribution is 0.748. The van der Waals surface area contributed by atoms with Crippen LogP contribution in [0.1, 0.15) is 35.4 Å². The molecule has 9 nitrogen and oxygen atoms in total. The van der Waals surface area contributed by atoms with Gasteiger partial charge in [0.2, 0.25) is 11.1 Å². The zero-order valence-electron chi connectivity index (χ0n) is 16.2. The molecule has 152 valence electrons. The van der Waals surface area contributed by atoms with Crippen molar-refractivity contribution >= 4 is 28.4 Å². The van der Waals surface area contributed by atoms with E-state index in [1.165, 1.54) is 11.3 Å². The van der Waals surface area contributed by atoms with Gasteiger partial charge in [-0.2, -0.15) is 4.99 Å². The number of thiazole rings is 1. The van der Waals surface area contributed by atoms with Crippen molar-refractivity contribution in [3.8, 4) is 0 Å². The van der Waals surface area contributed by atoms with Crippen molar-refractivity contribution in [3.05, 3.63) is 62.8 Å². The van der Waals surface area contributed by atoms with Gasteiger partial charge in [-0.1, -0.05) is 6.07 Å². The van der Waals surface area contributed by atoms with E-state index in [0.717, 1.165) is 36.2 Å². The van der Waals surface area contributed by atoms with E-state index in [1.807, 2.05) is 24.4 Å². The second-order valence-corrected chi connectivity index (χ2v) is 7.45. The number of aromatic amines is 1. The fourth-order valence-corrected chi connectivity index (χ4v) is 3.41. The predicted octanol–water partition coefficient (Wildman–Crippen LogP) is 1.86. The molecule has 3 rings (SSSR count). The van der Waals surface area contributed by atoms with E-state index in [4.69, 9.17) is 11.5 Å². The molecule has 10 heteroatoms. The van der Waals surface area contributed by atoms with E-state index in [0.29, 0.717) is 29.6 Å². The van der Waals surface area contributed by atoms with Crippen LogP contribution in [-0.4, -0.2) is 32.4 Å². The highest BCUT2D eigenvalue weighted by Crippen LogP contribution is 2.19. The maximum atomic E-state index is 12.3. The Kier molecular flexibility index (Phi) is 6.90. The molecule has 3 aromatic rings. The number of hydrogen-bond acceptors (Lipinski definition) is 7. The molecular formula is C19H24N8OS. The minimum atomic E-state index is -0.141. The first kappa shape index (κ1) is 20.5. The molecule has 0 bridgehead atoms. The van der Waals surface area contributed by atoms with Crippen molar-refractivity contribution in [2.75, 3.05) is 11.9 Å². The average Bonchev–Trinajstić information content (AvgIpc) is 3.12. The molecule has 3 aromatic heterocycles. The number of aryl methyl sites for hydroxylation is 2. The zero-order valence-corrected chi connectivity index (χ0v) is 17.0. The summed E-state index contributed by atoms with van der Waals surface area (Å²) in [5, 5.41) is 5.68. The molecule has 0 aromatic carbocycles. The molecule has 0 saturated heterocycles. The normalized spacial score (nSPS) is 10.7. The second kappa shape index (κ2) is 9.78. The number of hydrogen-bond donors (Lipinski definition) is 4. The number of nitrogens with two attached hydrogens (primary N) is 2. The first-order valence-corrected chi connectivity index (χ1v) is 10.1. The molecule has 0 aliphatic carbocycles. The van der Waals surface area contributed by atoms with Gasteiger partial charge >= 0.3 is 0 Å². The van der Waals surface area contributed by atoms with Crippen molar-refractivity contribution in [1.82, 2.24) is 19.9 Å². The number of unbranched alkanes of at least 4 members (excludes halogenated alkanes) is 1. The molecule has 0 aliphatic heterocycles. The second-order valence-electron chi connectivity index (χ2n) is 6.61. The van der Waals surface area contributed by atoms with Gasteiger partial charge in [0.1, 0.15) is 0 Å². The maximum Gasteiger partial charge on any atom is 0.255 e. The highest BCUT2D eigenvalue weighted by molar-refractivity contribution is 7.13. The van der Waals surface area contributed by atoms with Crippen LogP contribution in [-0.2, 0) is 12.8 Å². The molecule has 29 heavy (non-hydrogen) atoms. The Morgan fingerprint density at radius 1 is 1.24 bits per heavy atom. The summed E-state index contributed by atoms with van der Waals surface area (Å²) in [7, 11) is 0. The minimum absolute atomic E-state index is 0.0122. The Morgan fingerprint density at radius 2 is 2.10 bits per heavy atom. The summed E-state index contributed by atoms with van der Waals surface area (Å²) in [4.78, 5) is 31.9. The number of nitrogens with zero attached hydrogens (tertiary/aromatic N) is 4. The number of rotatable bonds is 9. The van der Waals surface area contributed by atoms with Crippen LogP contribution in [0.3, 0.4) is 0 Å². The van der Waals surface area contributed by atoms with Crippen molar-refractivity contribution in [2.24, 2.45) is 16.5 Å². The molecule has 0 amide bonds. The molecule has 0 fully saturated rings. The fraction of sp³-hybridized carbons (Fsp3) is 0.316. The Labute approximate surface area is 172 Å². The zero-order chi connectivity index (χ0) is 20.6. The van der Waals surface area contributed by atoms with Gasteiger partial charge in [0.25, 0.3) is 5.56 Å². The molecule has 0 radical (unpaired) electrons. The smallest absolute Gasteiger partial charge is 0.255 e. The highest BCUT2D eigenvalue weighted by atomic mass is 32.1. The number of aromatic nitrogens is 4. The number of pyridine rings is 1. The maximum absolute atomic E-state index is 12.3. The highest BCUT2D eigenvalue weighted by Gasteiger charge is 2.05. The van der Waals surface area contributed by atoms with E-state index in [-0.39, 0.29) is 11.5 Å². The predicted molar refractivity (Wildman–Crippen MR) is 116 cm³/mol. The van der Waals surface area contributed by atoms with Gasteiger partial charge in [-0.25, -0.2) is 9.97 Å². The van der Waals surface area contributed by atoms with Gasteiger partial charge in [-0.3, -0.25) is 14.8 Å². The Morgan fingerprint density at radius 3 is 2.83 bits per heavy atom. The van der Waals surface area contributed by atoms with Crippen LogP contribution in [0.4, 0.5) is 11.1 Å². The first-order chi connectivity index (χ1) is 14.0. The summed E-state index contributed by atoms with van der Waals surface area (Å²) in [5.41, 5.74) is 14.1. The molecule has 0 unspecified atom stereocenters. The van der Waals surface area contributed by atoms with Gasteiger partial charge in [0, 0.05) is 42.0 Å². The van der Waals surface area contributed by atoms with E-state index in [1.54, 1.807) is 12.4 Å². The summed E-state index contributed by atoms with van der Waals surface area (Å²) in [6.45, 7) is 2.63. The van der Waals surface area contributed by atoms with Gasteiger partial charge in [-0.05, 0) is 37.8 Å². The summed E-state index contributed by atoms with van der Waals surface area (Å²) in [5.74, 6) is 0.489. The lowest BCUT2D eigenvalue weighted by atomic mass is 10.1. The third-order valence-corrected chi connectivity index (χ3v) is 4.94. The molecule has 0 atom stereocenters. The Hall–Kier alpha value is -3.27. The van der Waals surface area contributed by atoms with Crippen molar-refractivity contribution in [3.63, 3.8) is 0 Å². The Balaban J connectivity index is 1.43. The molecule has 0 aliphatic rings. The van der Waals surface area contributed by atoms with Crippen LogP contribution in [0.2, 0.25) is 0 Å². The summed E-state index contributed by atoms with van der Waals surface area (Å²) < 4.78 is 0. The van der Waals surface area contributed by atoms with E-state index >= 15 is 0 Å². The van der Waals surface area contributed by atoms with Crippen LogP contribution in [0.15, 0.2) is 39.7 Å². The van der Waals surface area contributed by atoms with Crippen LogP contribution in [0, 0.1) is 6.92 Å². The first-order valence-electron chi connectivity index (χ1n) is 9.27. The summed E-state index contributed by atoms with van der Waals surface area (Å²) >= 11 is 1.41. The van der Waals surface area contributed by atoms with Gasteiger partial charge in [-0.15, -0.1) is 11.3 Å². The fourth-order valence-electron chi connectivity index (χ4n) is 2.67. The van der Waals surface area contributed by atoms with Crippen LogP contribution >= 0.6 is 11.3 Å². The van der Waals surface area contributed by atoms with E-state index in [2.05, 4.69) is 30.2 Å². The topological polar surface area (TPSA) is 148 Å². The van der Waals surface area contributed by atoms with E-state index < -0.39 is 0 Å².